The Hall–Kier alpha value is -2.97. The highest BCUT2D eigenvalue weighted by Gasteiger charge is 2.39. The minimum atomic E-state index is -0.216. The summed E-state index contributed by atoms with van der Waals surface area (Å²) < 4.78 is 18.7. The predicted octanol–water partition coefficient (Wildman–Crippen LogP) is 4.02. The summed E-state index contributed by atoms with van der Waals surface area (Å²) in [5.74, 6) is 3.06. The number of piperidine rings is 3. The summed E-state index contributed by atoms with van der Waals surface area (Å²) in [6.45, 7) is 8.76. The zero-order chi connectivity index (χ0) is 25.8. The van der Waals surface area contributed by atoms with Crippen LogP contribution < -0.4 is 24.8 Å². The fourth-order valence-electron chi connectivity index (χ4n) is 6.11. The van der Waals surface area contributed by atoms with Gasteiger partial charge in [-0.3, -0.25) is 4.79 Å². The third-order valence-electron chi connectivity index (χ3n) is 8.37. The molecule has 3 fully saturated rings. The number of carbonyl (C=O) groups is 1. The van der Waals surface area contributed by atoms with E-state index in [2.05, 4.69) is 23.6 Å². The van der Waals surface area contributed by atoms with Crippen molar-refractivity contribution in [2.45, 2.75) is 45.1 Å². The van der Waals surface area contributed by atoms with E-state index >= 15 is 0 Å². The van der Waals surface area contributed by atoms with Gasteiger partial charge in [0.15, 0.2) is 18.1 Å². The number of nitrogens with one attached hydrogen (secondary N) is 2. The van der Waals surface area contributed by atoms with E-state index in [1.54, 1.807) is 13.2 Å². The van der Waals surface area contributed by atoms with Crippen molar-refractivity contribution in [1.82, 2.24) is 5.32 Å². The Bertz CT molecular complexity index is 1100. The quantitative estimate of drug-likeness (QED) is 0.313. The first-order valence-corrected chi connectivity index (χ1v) is 13.6. The number of anilines is 1. The molecule has 1 amide bonds. The number of nitrogens with zero attached hydrogens (tertiary/aromatic N) is 1. The number of quaternary nitrogens is 1. The van der Waals surface area contributed by atoms with Crippen molar-refractivity contribution in [2.75, 3.05) is 58.4 Å². The van der Waals surface area contributed by atoms with Crippen molar-refractivity contribution in [3.63, 3.8) is 0 Å². The molecule has 1 atom stereocenters. The number of fused-ring (bicyclic) bond motifs is 4. The molecule has 3 saturated heterocycles. The van der Waals surface area contributed by atoms with Gasteiger partial charge in [0.05, 0.1) is 45.6 Å². The molecule has 0 saturated carbocycles. The van der Waals surface area contributed by atoms with Crippen molar-refractivity contribution < 1.29 is 28.6 Å². The zero-order valence-electron chi connectivity index (χ0n) is 22.1. The lowest BCUT2D eigenvalue weighted by Crippen LogP contribution is -2.58. The third-order valence-corrected chi connectivity index (χ3v) is 8.37. The first kappa shape index (κ1) is 25.7. The van der Waals surface area contributed by atoms with Gasteiger partial charge in [0.1, 0.15) is 11.5 Å². The van der Waals surface area contributed by atoms with E-state index in [9.17, 15) is 9.90 Å². The maximum atomic E-state index is 11.6. The SMILES string of the molecule is COc1cc([C@@H](C)NCCc2cc(O)cc3c2OCC(=O)N3)ccc1OCCC[N+]12CCC(CC1)CC2. The van der Waals surface area contributed by atoms with Crippen LogP contribution in [0.4, 0.5) is 5.69 Å². The van der Waals surface area contributed by atoms with Crippen molar-refractivity contribution >= 4 is 11.6 Å². The highest BCUT2D eigenvalue weighted by Crippen LogP contribution is 2.36. The lowest BCUT2D eigenvalue weighted by Gasteiger charge is -2.49. The Balaban J connectivity index is 1.12. The summed E-state index contributed by atoms with van der Waals surface area (Å²) in [5, 5.41) is 16.3. The van der Waals surface area contributed by atoms with Crippen LogP contribution in [0.1, 0.15) is 49.8 Å². The van der Waals surface area contributed by atoms with Crippen LogP contribution in [0, 0.1) is 5.92 Å². The summed E-state index contributed by atoms with van der Waals surface area (Å²) in [6, 6.07) is 9.43. The molecule has 8 nitrogen and oxygen atoms in total. The van der Waals surface area contributed by atoms with Gasteiger partial charge in [-0.05, 0) is 68.8 Å². The topological polar surface area (TPSA) is 89.0 Å². The number of hydrogen-bond donors (Lipinski definition) is 3. The molecule has 4 aliphatic rings. The fraction of sp³-hybridized carbons (Fsp3) is 0.552. The number of phenols is 1. The molecule has 6 rings (SSSR count). The molecule has 200 valence electrons. The number of carbonyl (C=O) groups excluding carboxylic acids is 1. The summed E-state index contributed by atoms with van der Waals surface area (Å²) in [5.41, 5.74) is 2.49. The van der Waals surface area contributed by atoms with E-state index in [1.165, 1.54) is 56.0 Å². The van der Waals surface area contributed by atoms with E-state index in [0.717, 1.165) is 35.0 Å². The Morgan fingerprint density at radius 2 is 1.95 bits per heavy atom. The molecule has 0 aromatic heterocycles. The molecule has 0 spiro atoms. The Morgan fingerprint density at radius 3 is 2.70 bits per heavy atom. The molecule has 2 aromatic rings. The minimum Gasteiger partial charge on any atom is -0.508 e. The molecule has 0 aliphatic carbocycles. The van der Waals surface area contributed by atoms with E-state index in [4.69, 9.17) is 14.2 Å². The number of aromatic hydroxyl groups is 1. The van der Waals surface area contributed by atoms with Crippen molar-refractivity contribution in [3.8, 4) is 23.0 Å². The van der Waals surface area contributed by atoms with Crippen LogP contribution in [0.15, 0.2) is 30.3 Å². The largest absolute Gasteiger partial charge is 0.508 e. The zero-order valence-corrected chi connectivity index (χ0v) is 22.1. The van der Waals surface area contributed by atoms with Gasteiger partial charge in [-0.2, -0.15) is 0 Å². The maximum Gasteiger partial charge on any atom is 0.262 e. The van der Waals surface area contributed by atoms with Crippen LogP contribution in [0.2, 0.25) is 0 Å². The predicted molar refractivity (Wildman–Crippen MR) is 143 cm³/mol. The van der Waals surface area contributed by atoms with E-state index in [-0.39, 0.29) is 24.3 Å². The number of rotatable bonds is 11. The third kappa shape index (κ3) is 5.96. The van der Waals surface area contributed by atoms with Crippen LogP contribution in [-0.2, 0) is 11.2 Å². The number of methoxy groups -OCH3 is 1. The standard InChI is InChI=1S/C29H39N3O5/c1-20(30-10-6-23-16-24(33)18-25-29(23)37-19-28(34)31-25)22-4-5-26(27(17-22)35-2)36-15-3-11-32-12-7-21(8-13-32)9-14-32/h4-5,16-18,20-21,30H,3,6-15,19H2,1-2H3,(H-,31,33,34)/p+1/t20-,21?,32?/m1/s1. The normalized spacial score (nSPS) is 23.1. The van der Waals surface area contributed by atoms with Crippen LogP contribution in [0.3, 0.4) is 0 Å². The molecule has 0 radical (unpaired) electrons. The number of hydrogen-bond acceptors (Lipinski definition) is 6. The number of phenolic OH excluding ortho intramolecular Hbond substituents is 1. The number of ether oxygens (including phenoxy) is 3. The molecule has 2 aromatic carbocycles. The smallest absolute Gasteiger partial charge is 0.262 e. The second kappa shape index (κ2) is 11.2. The van der Waals surface area contributed by atoms with Crippen molar-refractivity contribution in [2.24, 2.45) is 5.92 Å². The first-order chi connectivity index (χ1) is 17.9. The Labute approximate surface area is 219 Å². The van der Waals surface area contributed by atoms with Gasteiger partial charge in [-0.15, -0.1) is 0 Å². The van der Waals surface area contributed by atoms with Gasteiger partial charge in [-0.1, -0.05) is 6.07 Å². The van der Waals surface area contributed by atoms with E-state index < -0.39 is 0 Å². The van der Waals surface area contributed by atoms with E-state index in [0.29, 0.717) is 31.0 Å². The molecule has 2 bridgehead atoms. The molecule has 4 heterocycles. The maximum absolute atomic E-state index is 11.6. The molecular weight excluding hydrogens is 470 g/mol. The minimum absolute atomic E-state index is 0.0107. The molecule has 4 aliphatic heterocycles. The van der Waals surface area contributed by atoms with Gasteiger partial charge in [0.25, 0.3) is 5.91 Å². The average Bonchev–Trinajstić information content (AvgIpc) is 2.91. The summed E-state index contributed by atoms with van der Waals surface area (Å²) in [7, 11) is 1.68. The number of amides is 1. The van der Waals surface area contributed by atoms with Crippen molar-refractivity contribution in [3.05, 3.63) is 41.5 Å². The monoisotopic (exact) mass is 510 g/mol. The van der Waals surface area contributed by atoms with Crippen molar-refractivity contribution in [1.29, 1.82) is 0 Å². The molecule has 37 heavy (non-hydrogen) atoms. The lowest BCUT2D eigenvalue weighted by atomic mass is 9.85. The van der Waals surface area contributed by atoms with Gasteiger partial charge < -0.3 is 34.4 Å². The van der Waals surface area contributed by atoms with E-state index in [1.807, 2.05) is 12.1 Å². The van der Waals surface area contributed by atoms with Crippen LogP contribution in [-0.4, -0.2) is 68.5 Å². The summed E-state index contributed by atoms with van der Waals surface area (Å²) in [4.78, 5) is 11.6. The van der Waals surface area contributed by atoms with Crippen LogP contribution in [0.5, 0.6) is 23.0 Å². The van der Waals surface area contributed by atoms with Gasteiger partial charge in [-0.25, -0.2) is 0 Å². The highest BCUT2D eigenvalue weighted by atomic mass is 16.5. The Morgan fingerprint density at radius 1 is 1.16 bits per heavy atom. The second-order valence-corrected chi connectivity index (χ2v) is 10.8. The number of benzene rings is 2. The van der Waals surface area contributed by atoms with Crippen LogP contribution >= 0.6 is 0 Å². The molecule has 0 unspecified atom stereocenters. The molecule has 3 N–H and O–H groups in total. The first-order valence-electron chi connectivity index (χ1n) is 13.6. The van der Waals surface area contributed by atoms with Crippen LogP contribution in [0.25, 0.3) is 0 Å². The fourth-order valence-corrected chi connectivity index (χ4v) is 6.11. The van der Waals surface area contributed by atoms with Gasteiger partial charge in [0, 0.05) is 24.1 Å². The Kier molecular flexibility index (Phi) is 7.76. The molecule has 8 heteroatoms. The van der Waals surface area contributed by atoms with Gasteiger partial charge >= 0.3 is 0 Å². The second-order valence-electron chi connectivity index (χ2n) is 10.8. The highest BCUT2D eigenvalue weighted by molar-refractivity contribution is 5.96. The average molecular weight is 511 g/mol. The lowest BCUT2D eigenvalue weighted by molar-refractivity contribution is -0.942. The summed E-state index contributed by atoms with van der Waals surface area (Å²) >= 11 is 0. The van der Waals surface area contributed by atoms with Gasteiger partial charge in [0.2, 0.25) is 0 Å². The summed E-state index contributed by atoms with van der Waals surface area (Å²) in [6.07, 6.45) is 5.94. The molecular formula is C29H40N3O5+.